The highest BCUT2D eigenvalue weighted by atomic mass is 16.5. The zero-order chi connectivity index (χ0) is 11.2. The Morgan fingerprint density at radius 1 is 1.19 bits per heavy atom. The normalized spacial score (nSPS) is 14.6. The Hall–Kier alpha value is -1.06. The summed E-state index contributed by atoms with van der Waals surface area (Å²) in [6, 6.07) is 6.41. The number of aryl methyl sites for hydroxylation is 2. The smallest absolute Gasteiger partial charge is 0.119 e. The molecular formula is C13H19NO2. The van der Waals surface area contributed by atoms with Crippen molar-refractivity contribution < 1.29 is 9.94 Å². The summed E-state index contributed by atoms with van der Waals surface area (Å²) in [6.07, 6.45) is 5.82. The second-order valence-electron chi connectivity index (χ2n) is 4.25. The minimum Gasteiger partial charge on any atom is -0.494 e. The van der Waals surface area contributed by atoms with E-state index in [-0.39, 0.29) is 0 Å². The van der Waals surface area contributed by atoms with E-state index in [1.165, 1.54) is 36.8 Å². The fourth-order valence-electron chi connectivity index (χ4n) is 2.14. The zero-order valence-electron chi connectivity index (χ0n) is 9.54. The van der Waals surface area contributed by atoms with Gasteiger partial charge in [0, 0.05) is 6.54 Å². The van der Waals surface area contributed by atoms with Gasteiger partial charge in [0.1, 0.15) is 5.75 Å². The topological polar surface area (TPSA) is 41.5 Å². The number of hydrogen-bond donors (Lipinski definition) is 2. The molecule has 0 radical (unpaired) electrons. The Kier molecular flexibility index (Phi) is 4.19. The molecule has 1 aliphatic carbocycles. The van der Waals surface area contributed by atoms with Crippen molar-refractivity contribution in [2.75, 3.05) is 13.2 Å². The van der Waals surface area contributed by atoms with Gasteiger partial charge in [0.25, 0.3) is 0 Å². The molecule has 1 aromatic carbocycles. The molecule has 0 spiro atoms. The lowest BCUT2D eigenvalue weighted by Gasteiger charge is -2.16. The fourth-order valence-corrected chi connectivity index (χ4v) is 2.14. The maximum atomic E-state index is 8.42. The van der Waals surface area contributed by atoms with Crippen molar-refractivity contribution in [1.82, 2.24) is 5.48 Å². The molecule has 0 saturated carbocycles. The molecule has 0 saturated heterocycles. The molecule has 0 amide bonds. The van der Waals surface area contributed by atoms with Gasteiger partial charge in [-0.25, -0.2) is 5.48 Å². The molecule has 0 bridgehead atoms. The largest absolute Gasteiger partial charge is 0.494 e. The lowest BCUT2D eigenvalue weighted by atomic mass is 9.92. The second-order valence-corrected chi connectivity index (χ2v) is 4.25. The zero-order valence-corrected chi connectivity index (χ0v) is 9.54. The minimum absolute atomic E-state index is 0.574. The molecule has 0 unspecified atom stereocenters. The van der Waals surface area contributed by atoms with Crippen molar-refractivity contribution >= 4 is 0 Å². The highest BCUT2D eigenvalue weighted by Gasteiger charge is 2.09. The summed E-state index contributed by atoms with van der Waals surface area (Å²) in [5, 5.41) is 8.42. The molecule has 2 N–H and O–H groups in total. The Balaban J connectivity index is 1.90. The summed E-state index contributed by atoms with van der Waals surface area (Å²) in [4.78, 5) is 0. The number of rotatable bonds is 5. The van der Waals surface area contributed by atoms with E-state index in [4.69, 9.17) is 9.94 Å². The lowest BCUT2D eigenvalue weighted by Crippen LogP contribution is -2.12. The Morgan fingerprint density at radius 3 is 2.81 bits per heavy atom. The first-order valence-corrected chi connectivity index (χ1v) is 6.02. The predicted octanol–water partition coefficient (Wildman–Crippen LogP) is 2.31. The van der Waals surface area contributed by atoms with Gasteiger partial charge in [0.15, 0.2) is 0 Å². The summed E-state index contributed by atoms with van der Waals surface area (Å²) >= 11 is 0. The van der Waals surface area contributed by atoms with Crippen LogP contribution >= 0.6 is 0 Å². The van der Waals surface area contributed by atoms with E-state index in [2.05, 4.69) is 23.7 Å². The summed E-state index contributed by atoms with van der Waals surface area (Å²) in [6.45, 7) is 1.22. The number of hydrogen-bond acceptors (Lipinski definition) is 3. The standard InChI is InChI=1S/C13H19NO2/c15-14-8-3-9-16-13-7-6-11-4-1-2-5-12(11)10-13/h6-7,10,14-15H,1-5,8-9H2. The molecule has 0 aromatic heterocycles. The van der Waals surface area contributed by atoms with Crippen LogP contribution in [0.4, 0.5) is 0 Å². The highest BCUT2D eigenvalue weighted by Crippen LogP contribution is 2.25. The fraction of sp³-hybridized carbons (Fsp3) is 0.538. The monoisotopic (exact) mass is 221 g/mol. The van der Waals surface area contributed by atoms with Crippen LogP contribution in [0, 0.1) is 0 Å². The second kappa shape index (κ2) is 5.87. The van der Waals surface area contributed by atoms with Gasteiger partial charge < -0.3 is 9.94 Å². The van der Waals surface area contributed by atoms with Gasteiger partial charge in [-0.15, -0.1) is 0 Å². The Bertz CT molecular complexity index is 339. The summed E-state index contributed by atoms with van der Waals surface area (Å²) in [5.41, 5.74) is 5.05. The van der Waals surface area contributed by atoms with Gasteiger partial charge >= 0.3 is 0 Å². The van der Waals surface area contributed by atoms with E-state index in [1.807, 2.05) is 0 Å². The van der Waals surface area contributed by atoms with Crippen LogP contribution in [0.5, 0.6) is 5.75 Å². The molecule has 88 valence electrons. The van der Waals surface area contributed by atoms with E-state index in [0.717, 1.165) is 12.2 Å². The van der Waals surface area contributed by atoms with Crippen LogP contribution in [0.25, 0.3) is 0 Å². The van der Waals surface area contributed by atoms with Crippen molar-refractivity contribution in [1.29, 1.82) is 0 Å². The minimum atomic E-state index is 0.574. The number of benzene rings is 1. The average Bonchev–Trinajstić information content (AvgIpc) is 2.34. The number of hydroxylamine groups is 1. The van der Waals surface area contributed by atoms with Crippen LogP contribution in [-0.2, 0) is 12.8 Å². The van der Waals surface area contributed by atoms with Crippen LogP contribution in [0.1, 0.15) is 30.4 Å². The SMILES string of the molecule is ONCCCOc1ccc2c(c1)CCCC2. The molecule has 3 nitrogen and oxygen atoms in total. The van der Waals surface area contributed by atoms with Crippen molar-refractivity contribution in [3.05, 3.63) is 29.3 Å². The average molecular weight is 221 g/mol. The Morgan fingerprint density at radius 2 is 2.00 bits per heavy atom. The van der Waals surface area contributed by atoms with Gasteiger partial charge in [-0.05, 0) is 55.4 Å². The van der Waals surface area contributed by atoms with E-state index < -0.39 is 0 Å². The molecule has 0 heterocycles. The van der Waals surface area contributed by atoms with Gasteiger partial charge in [-0.3, -0.25) is 0 Å². The van der Waals surface area contributed by atoms with Gasteiger partial charge in [0.05, 0.1) is 6.61 Å². The number of ether oxygens (including phenoxy) is 1. The predicted molar refractivity (Wildman–Crippen MR) is 63.0 cm³/mol. The van der Waals surface area contributed by atoms with Crippen LogP contribution in [0.2, 0.25) is 0 Å². The first-order valence-electron chi connectivity index (χ1n) is 6.02. The third-order valence-corrected chi connectivity index (χ3v) is 3.02. The summed E-state index contributed by atoms with van der Waals surface area (Å²) in [5.74, 6) is 0.957. The molecule has 16 heavy (non-hydrogen) atoms. The maximum Gasteiger partial charge on any atom is 0.119 e. The van der Waals surface area contributed by atoms with Gasteiger partial charge in [-0.2, -0.15) is 0 Å². The van der Waals surface area contributed by atoms with Gasteiger partial charge in [0.2, 0.25) is 0 Å². The van der Waals surface area contributed by atoms with E-state index >= 15 is 0 Å². The maximum absolute atomic E-state index is 8.42. The molecule has 1 aromatic rings. The van der Waals surface area contributed by atoms with Crippen molar-refractivity contribution in [2.24, 2.45) is 0 Å². The number of nitrogens with one attached hydrogen (secondary N) is 1. The molecular weight excluding hydrogens is 202 g/mol. The molecule has 0 aliphatic heterocycles. The summed E-state index contributed by atoms with van der Waals surface area (Å²) in [7, 11) is 0. The van der Waals surface area contributed by atoms with E-state index in [9.17, 15) is 0 Å². The first kappa shape index (κ1) is 11.4. The van der Waals surface area contributed by atoms with E-state index in [0.29, 0.717) is 13.2 Å². The third-order valence-electron chi connectivity index (χ3n) is 3.02. The molecule has 1 aliphatic rings. The summed E-state index contributed by atoms with van der Waals surface area (Å²) < 4.78 is 5.62. The van der Waals surface area contributed by atoms with Gasteiger partial charge in [-0.1, -0.05) is 6.07 Å². The third kappa shape index (κ3) is 2.97. The first-order chi connectivity index (χ1) is 7.90. The molecule has 3 heteroatoms. The highest BCUT2D eigenvalue weighted by molar-refractivity contribution is 5.37. The van der Waals surface area contributed by atoms with Crippen molar-refractivity contribution in [3.63, 3.8) is 0 Å². The van der Waals surface area contributed by atoms with Crippen LogP contribution in [0.3, 0.4) is 0 Å². The molecule has 0 fully saturated rings. The molecule has 0 atom stereocenters. The van der Waals surface area contributed by atoms with Crippen molar-refractivity contribution in [2.45, 2.75) is 32.1 Å². The quantitative estimate of drug-likeness (QED) is 0.592. The van der Waals surface area contributed by atoms with Crippen LogP contribution < -0.4 is 10.2 Å². The lowest BCUT2D eigenvalue weighted by molar-refractivity contribution is 0.157. The van der Waals surface area contributed by atoms with E-state index in [1.54, 1.807) is 0 Å². The van der Waals surface area contributed by atoms with Crippen LogP contribution in [-0.4, -0.2) is 18.4 Å². The molecule has 2 rings (SSSR count). The van der Waals surface area contributed by atoms with Crippen molar-refractivity contribution in [3.8, 4) is 5.75 Å². The number of fused-ring (bicyclic) bond motifs is 1. The Labute approximate surface area is 96.4 Å². The van der Waals surface area contributed by atoms with Crippen LogP contribution in [0.15, 0.2) is 18.2 Å².